The lowest BCUT2D eigenvalue weighted by molar-refractivity contribution is -0.144. The first kappa shape index (κ1) is 8.99. The van der Waals surface area contributed by atoms with Crippen molar-refractivity contribution >= 4 is 11.8 Å². The van der Waals surface area contributed by atoms with Crippen molar-refractivity contribution in [3.05, 3.63) is 0 Å². The molecule has 0 aromatic heterocycles. The Bertz CT molecular complexity index is 205. The summed E-state index contributed by atoms with van der Waals surface area (Å²) >= 11 is 0. The quantitative estimate of drug-likeness (QED) is 0.426. The second kappa shape index (κ2) is 3.53. The van der Waals surface area contributed by atoms with E-state index < -0.39 is 11.8 Å². The highest BCUT2D eigenvalue weighted by Gasteiger charge is 2.23. The van der Waals surface area contributed by atoms with E-state index in [1.807, 2.05) is 6.92 Å². The Balaban J connectivity index is 2.51. The van der Waals surface area contributed by atoms with Gasteiger partial charge in [-0.05, 0) is 6.92 Å². The summed E-state index contributed by atoms with van der Waals surface area (Å²) in [6.45, 7) is 3.80. The van der Waals surface area contributed by atoms with Crippen molar-refractivity contribution in [2.24, 2.45) is 5.73 Å². The van der Waals surface area contributed by atoms with Gasteiger partial charge in [0.1, 0.15) is 0 Å². The van der Waals surface area contributed by atoms with Gasteiger partial charge < -0.3 is 16.0 Å². The number of primary amides is 1. The molecule has 1 saturated heterocycles. The molecule has 0 aliphatic carbocycles. The SMILES string of the molecule is CC1CN(C(=O)C(N)=O)CCN1. The van der Waals surface area contributed by atoms with Gasteiger partial charge in [-0.3, -0.25) is 9.59 Å². The van der Waals surface area contributed by atoms with E-state index in [0.29, 0.717) is 13.1 Å². The molecule has 0 spiro atoms. The van der Waals surface area contributed by atoms with Crippen LogP contribution >= 0.6 is 0 Å². The Labute approximate surface area is 70.9 Å². The van der Waals surface area contributed by atoms with E-state index in [1.54, 1.807) is 0 Å². The molecule has 0 saturated carbocycles. The summed E-state index contributed by atoms with van der Waals surface area (Å²) in [4.78, 5) is 23.1. The van der Waals surface area contributed by atoms with Crippen LogP contribution in [0.4, 0.5) is 0 Å². The smallest absolute Gasteiger partial charge is 0.311 e. The molecule has 0 bridgehead atoms. The molecule has 68 valence electrons. The summed E-state index contributed by atoms with van der Waals surface area (Å²) in [7, 11) is 0. The molecule has 1 heterocycles. The number of nitrogens with zero attached hydrogens (tertiary/aromatic N) is 1. The summed E-state index contributed by atoms with van der Waals surface area (Å²) in [5.41, 5.74) is 4.86. The minimum Gasteiger partial charge on any atom is -0.361 e. The monoisotopic (exact) mass is 171 g/mol. The Kier molecular flexibility index (Phi) is 2.65. The van der Waals surface area contributed by atoms with E-state index in [9.17, 15) is 9.59 Å². The second-order valence-corrected chi connectivity index (χ2v) is 2.97. The van der Waals surface area contributed by atoms with Crippen LogP contribution < -0.4 is 11.1 Å². The standard InChI is InChI=1S/C7H13N3O2/c1-5-4-10(3-2-9-5)7(12)6(8)11/h5,9H,2-4H2,1H3,(H2,8,11). The maximum atomic E-state index is 11.1. The first-order valence-corrected chi connectivity index (χ1v) is 3.93. The fourth-order valence-corrected chi connectivity index (χ4v) is 1.27. The maximum Gasteiger partial charge on any atom is 0.311 e. The zero-order valence-electron chi connectivity index (χ0n) is 7.04. The number of carbonyl (C=O) groups is 2. The molecule has 5 heteroatoms. The number of piperazine rings is 1. The molecule has 1 fully saturated rings. The Morgan fingerprint density at radius 2 is 2.25 bits per heavy atom. The van der Waals surface area contributed by atoms with Gasteiger partial charge in [0, 0.05) is 25.7 Å². The van der Waals surface area contributed by atoms with Gasteiger partial charge in [-0.2, -0.15) is 0 Å². The number of hydrogen-bond acceptors (Lipinski definition) is 3. The number of nitrogens with two attached hydrogens (primary N) is 1. The predicted molar refractivity (Wildman–Crippen MR) is 43.2 cm³/mol. The number of carbonyl (C=O) groups excluding carboxylic acids is 2. The largest absolute Gasteiger partial charge is 0.361 e. The van der Waals surface area contributed by atoms with Crippen molar-refractivity contribution in [3.8, 4) is 0 Å². The minimum atomic E-state index is -0.871. The van der Waals surface area contributed by atoms with Crippen LogP contribution in [0.3, 0.4) is 0 Å². The van der Waals surface area contributed by atoms with Crippen LogP contribution in [-0.2, 0) is 9.59 Å². The van der Waals surface area contributed by atoms with Gasteiger partial charge in [0.05, 0.1) is 0 Å². The van der Waals surface area contributed by atoms with Gasteiger partial charge in [0.25, 0.3) is 0 Å². The van der Waals surface area contributed by atoms with E-state index in [0.717, 1.165) is 6.54 Å². The Morgan fingerprint density at radius 1 is 1.58 bits per heavy atom. The molecule has 0 radical (unpaired) electrons. The first-order chi connectivity index (χ1) is 5.61. The molecule has 3 N–H and O–H groups in total. The first-order valence-electron chi connectivity index (χ1n) is 3.93. The van der Waals surface area contributed by atoms with Crippen LogP contribution in [0.2, 0.25) is 0 Å². The summed E-state index contributed by atoms with van der Waals surface area (Å²) in [6, 6.07) is 0.238. The maximum absolute atomic E-state index is 11.1. The highest BCUT2D eigenvalue weighted by atomic mass is 16.2. The molecule has 1 aliphatic rings. The number of hydrogen-bond donors (Lipinski definition) is 2. The molecule has 0 aromatic rings. The highest BCUT2D eigenvalue weighted by molar-refractivity contribution is 6.34. The molecule has 1 atom stereocenters. The van der Waals surface area contributed by atoms with E-state index in [1.165, 1.54) is 4.90 Å². The lowest BCUT2D eigenvalue weighted by Crippen LogP contribution is -2.54. The normalized spacial score (nSPS) is 23.8. The molecule has 1 unspecified atom stereocenters. The minimum absolute atomic E-state index is 0.238. The Hall–Kier alpha value is -1.10. The number of rotatable bonds is 0. The van der Waals surface area contributed by atoms with Crippen molar-refractivity contribution in [2.75, 3.05) is 19.6 Å². The third-order valence-electron chi connectivity index (χ3n) is 1.87. The molecule has 5 nitrogen and oxygen atoms in total. The predicted octanol–water partition coefficient (Wildman–Crippen LogP) is -1.71. The van der Waals surface area contributed by atoms with Gasteiger partial charge >= 0.3 is 11.8 Å². The molecular weight excluding hydrogens is 158 g/mol. The third-order valence-corrected chi connectivity index (χ3v) is 1.87. The van der Waals surface area contributed by atoms with Crippen molar-refractivity contribution in [2.45, 2.75) is 13.0 Å². The van der Waals surface area contributed by atoms with Gasteiger partial charge in [0.2, 0.25) is 0 Å². The molecule has 1 aliphatic heterocycles. The second-order valence-electron chi connectivity index (χ2n) is 2.97. The lowest BCUT2D eigenvalue weighted by atomic mass is 10.2. The van der Waals surface area contributed by atoms with E-state index in [-0.39, 0.29) is 6.04 Å². The van der Waals surface area contributed by atoms with Gasteiger partial charge in [0.15, 0.2) is 0 Å². The average molecular weight is 171 g/mol. The molecule has 2 amide bonds. The van der Waals surface area contributed by atoms with Gasteiger partial charge in [-0.1, -0.05) is 0 Å². The zero-order valence-corrected chi connectivity index (χ0v) is 7.04. The summed E-state index contributed by atoms with van der Waals surface area (Å²) < 4.78 is 0. The third kappa shape index (κ3) is 1.94. The van der Waals surface area contributed by atoms with Gasteiger partial charge in [-0.15, -0.1) is 0 Å². The van der Waals surface area contributed by atoms with Crippen molar-refractivity contribution < 1.29 is 9.59 Å². The number of nitrogens with one attached hydrogen (secondary N) is 1. The van der Waals surface area contributed by atoms with Crippen molar-refractivity contribution in [3.63, 3.8) is 0 Å². The lowest BCUT2D eigenvalue weighted by Gasteiger charge is -2.30. The van der Waals surface area contributed by atoms with E-state index in [2.05, 4.69) is 5.32 Å². The summed E-state index contributed by atoms with van der Waals surface area (Å²) in [5.74, 6) is -1.45. The molecule has 0 aromatic carbocycles. The zero-order chi connectivity index (χ0) is 9.14. The highest BCUT2D eigenvalue weighted by Crippen LogP contribution is 1.98. The topological polar surface area (TPSA) is 75.4 Å². The van der Waals surface area contributed by atoms with Crippen molar-refractivity contribution in [1.29, 1.82) is 0 Å². The van der Waals surface area contributed by atoms with E-state index in [4.69, 9.17) is 5.73 Å². The summed E-state index contributed by atoms with van der Waals surface area (Å²) in [6.07, 6.45) is 0. The average Bonchev–Trinajstić information content (AvgIpc) is 2.03. The fraction of sp³-hybridized carbons (Fsp3) is 0.714. The van der Waals surface area contributed by atoms with Crippen LogP contribution in [0.15, 0.2) is 0 Å². The fourth-order valence-electron chi connectivity index (χ4n) is 1.27. The van der Waals surface area contributed by atoms with Crippen LogP contribution in [-0.4, -0.2) is 42.4 Å². The summed E-state index contributed by atoms with van der Waals surface area (Å²) in [5, 5.41) is 3.16. The van der Waals surface area contributed by atoms with Crippen LogP contribution in [0.1, 0.15) is 6.92 Å². The Morgan fingerprint density at radius 3 is 2.75 bits per heavy atom. The van der Waals surface area contributed by atoms with E-state index >= 15 is 0 Å². The molecule has 12 heavy (non-hydrogen) atoms. The van der Waals surface area contributed by atoms with Crippen LogP contribution in [0.25, 0.3) is 0 Å². The van der Waals surface area contributed by atoms with Crippen LogP contribution in [0.5, 0.6) is 0 Å². The van der Waals surface area contributed by atoms with Crippen LogP contribution in [0, 0.1) is 0 Å². The molecule has 1 rings (SSSR count). The van der Waals surface area contributed by atoms with Crippen molar-refractivity contribution in [1.82, 2.24) is 10.2 Å². The van der Waals surface area contributed by atoms with Gasteiger partial charge in [-0.25, -0.2) is 0 Å². The number of amides is 2. The molecular formula is C7H13N3O2.